The van der Waals surface area contributed by atoms with Crippen LogP contribution in [0, 0.1) is 0 Å². The molecule has 0 aromatic heterocycles. The van der Waals surface area contributed by atoms with Gasteiger partial charge in [0.1, 0.15) is 5.75 Å². The summed E-state index contributed by atoms with van der Waals surface area (Å²) in [7, 11) is 0. The Morgan fingerprint density at radius 3 is 2.29 bits per heavy atom. The second-order valence-corrected chi connectivity index (χ2v) is 2.83. The average molecular weight is 201 g/mol. The summed E-state index contributed by atoms with van der Waals surface area (Å²) in [5, 5.41) is 0. The quantitative estimate of drug-likeness (QED) is 0.680. The zero-order chi connectivity index (χ0) is 10.6. The highest BCUT2D eigenvalue weighted by atomic mass is 19.4. The number of benzene rings is 1. The smallest absolute Gasteiger partial charge is 0.492 e. The molecule has 0 aliphatic heterocycles. The molecule has 1 nitrogen and oxygen atoms in total. The number of hydrogen-bond acceptors (Lipinski definition) is 1. The summed E-state index contributed by atoms with van der Waals surface area (Å²) >= 11 is 0. The number of rotatable bonds is 4. The van der Waals surface area contributed by atoms with E-state index >= 15 is 0 Å². The van der Waals surface area contributed by atoms with Crippen LogP contribution < -0.4 is 4.74 Å². The summed E-state index contributed by atoms with van der Waals surface area (Å²) in [5.74, 6) is 0.411. The third-order valence-electron chi connectivity index (χ3n) is 1.63. The van der Waals surface area contributed by atoms with Crippen LogP contribution in [0.4, 0.5) is 12.9 Å². The average Bonchev–Trinajstić information content (AvgIpc) is 2.14. The fraction of sp³-hybridized carbons (Fsp3) is 0.111. The minimum Gasteiger partial charge on any atom is -0.492 e. The van der Waals surface area contributed by atoms with Crippen LogP contribution in [0.15, 0.2) is 42.4 Å². The van der Waals surface area contributed by atoms with Crippen molar-refractivity contribution in [3.63, 3.8) is 0 Å². The van der Waals surface area contributed by atoms with Gasteiger partial charge in [-0.1, -0.05) is 18.2 Å². The van der Waals surface area contributed by atoms with Gasteiger partial charge in [0.15, 0.2) is 0 Å². The number of para-hydroxylation sites is 1. The van der Waals surface area contributed by atoms with E-state index in [0.717, 1.165) is 0 Å². The van der Waals surface area contributed by atoms with E-state index < -0.39 is 19.1 Å². The lowest BCUT2D eigenvalue weighted by Gasteiger charge is -2.17. The maximum atomic E-state index is 12.0. The monoisotopic (exact) mass is 201 g/mol. The van der Waals surface area contributed by atoms with Gasteiger partial charge >= 0.3 is 6.98 Å². The van der Waals surface area contributed by atoms with E-state index in [0.29, 0.717) is 5.75 Å². The molecule has 0 N–H and O–H groups in total. The number of ether oxygens (including phenoxy) is 1. The Hall–Kier alpha value is -1.39. The van der Waals surface area contributed by atoms with E-state index in [1.54, 1.807) is 30.3 Å². The van der Waals surface area contributed by atoms with Crippen molar-refractivity contribution in [1.82, 2.24) is 0 Å². The van der Waals surface area contributed by atoms with Gasteiger partial charge in [0, 0.05) is 0 Å². The Balaban J connectivity index is 2.46. The highest BCUT2D eigenvalue weighted by Crippen LogP contribution is 2.19. The molecule has 0 unspecified atom stereocenters. The van der Waals surface area contributed by atoms with Gasteiger partial charge in [-0.05, 0) is 12.1 Å². The molecule has 0 saturated carbocycles. The minimum absolute atomic E-state index is 0.411. The summed E-state index contributed by atoms with van der Waals surface area (Å²) in [4.78, 5) is 0. The molecular formula is C9H9BF3O-. The first-order chi connectivity index (χ1) is 6.50. The van der Waals surface area contributed by atoms with Gasteiger partial charge in [-0.2, -0.15) is 0 Å². The first-order valence-corrected chi connectivity index (χ1v) is 4.05. The molecule has 1 rings (SSSR count). The first-order valence-electron chi connectivity index (χ1n) is 4.05. The normalized spacial score (nSPS) is 11.1. The SMILES string of the molecule is C=C(COc1ccccc1)[B-](F)(F)F. The molecule has 0 saturated heterocycles. The molecule has 5 heteroatoms. The Bertz CT molecular complexity index is 308. The van der Waals surface area contributed by atoms with Crippen LogP contribution in [-0.4, -0.2) is 13.6 Å². The second kappa shape index (κ2) is 4.22. The molecule has 0 atom stereocenters. The second-order valence-electron chi connectivity index (χ2n) is 2.83. The zero-order valence-corrected chi connectivity index (χ0v) is 7.42. The van der Waals surface area contributed by atoms with Crippen LogP contribution in [0.3, 0.4) is 0 Å². The molecule has 0 aliphatic rings. The van der Waals surface area contributed by atoms with Crippen molar-refractivity contribution < 1.29 is 17.7 Å². The van der Waals surface area contributed by atoms with Crippen molar-refractivity contribution in [3.8, 4) is 5.75 Å². The fourth-order valence-electron chi connectivity index (χ4n) is 0.787. The summed E-state index contributed by atoms with van der Waals surface area (Å²) < 4.78 is 41.0. The Morgan fingerprint density at radius 2 is 1.79 bits per heavy atom. The fourth-order valence-corrected chi connectivity index (χ4v) is 0.787. The maximum absolute atomic E-state index is 12.0. The van der Waals surface area contributed by atoms with Crippen molar-refractivity contribution in [3.05, 3.63) is 42.4 Å². The molecule has 14 heavy (non-hydrogen) atoms. The lowest BCUT2D eigenvalue weighted by Crippen LogP contribution is -2.23. The van der Waals surface area contributed by atoms with Gasteiger partial charge in [-0.3, -0.25) is 0 Å². The summed E-state index contributed by atoms with van der Waals surface area (Å²) in [5.41, 5.74) is -0.825. The maximum Gasteiger partial charge on any atom is 0.508 e. The van der Waals surface area contributed by atoms with Crippen LogP contribution in [-0.2, 0) is 0 Å². The lowest BCUT2D eigenvalue weighted by molar-refractivity contribution is 0.347. The third kappa shape index (κ3) is 3.16. The van der Waals surface area contributed by atoms with Crippen molar-refractivity contribution in [1.29, 1.82) is 0 Å². The van der Waals surface area contributed by atoms with Gasteiger partial charge in [0.25, 0.3) is 0 Å². The summed E-state index contributed by atoms with van der Waals surface area (Å²) in [6, 6.07) is 8.33. The Kier molecular flexibility index (Phi) is 3.22. The largest absolute Gasteiger partial charge is 0.508 e. The van der Waals surface area contributed by atoms with Crippen LogP contribution in [0.2, 0.25) is 0 Å². The van der Waals surface area contributed by atoms with E-state index in [9.17, 15) is 12.9 Å². The van der Waals surface area contributed by atoms with Crippen molar-refractivity contribution in [2.45, 2.75) is 0 Å². The van der Waals surface area contributed by atoms with E-state index in [1.807, 2.05) is 0 Å². The zero-order valence-electron chi connectivity index (χ0n) is 7.42. The molecule has 0 aliphatic carbocycles. The van der Waals surface area contributed by atoms with Crippen molar-refractivity contribution in [2.75, 3.05) is 6.61 Å². The number of hydrogen-bond donors (Lipinski definition) is 0. The molecule has 0 fully saturated rings. The van der Waals surface area contributed by atoms with Crippen LogP contribution in [0.25, 0.3) is 0 Å². The number of halogens is 3. The van der Waals surface area contributed by atoms with E-state index in [2.05, 4.69) is 6.58 Å². The lowest BCUT2D eigenvalue weighted by atomic mass is 9.81. The van der Waals surface area contributed by atoms with Gasteiger partial charge in [-0.25, -0.2) is 0 Å². The highest BCUT2D eigenvalue weighted by Gasteiger charge is 2.26. The highest BCUT2D eigenvalue weighted by molar-refractivity contribution is 6.66. The molecule has 0 bridgehead atoms. The predicted molar refractivity (Wildman–Crippen MR) is 50.2 cm³/mol. The summed E-state index contributed by atoms with van der Waals surface area (Å²) in [6.45, 7) is -2.58. The van der Waals surface area contributed by atoms with Crippen molar-refractivity contribution >= 4 is 6.98 Å². The van der Waals surface area contributed by atoms with Crippen LogP contribution >= 0.6 is 0 Å². The first kappa shape index (κ1) is 10.7. The molecule has 76 valence electrons. The minimum atomic E-state index is -4.99. The predicted octanol–water partition coefficient (Wildman–Crippen LogP) is 3.01. The Labute approximate surface area is 80.3 Å². The van der Waals surface area contributed by atoms with Crippen LogP contribution in [0.5, 0.6) is 5.75 Å². The third-order valence-corrected chi connectivity index (χ3v) is 1.63. The Morgan fingerprint density at radius 1 is 1.21 bits per heavy atom. The molecule has 1 aromatic carbocycles. The van der Waals surface area contributed by atoms with Crippen molar-refractivity contribution in [2.24, 2.45) is 0 Å². The van der Waals surface area contributed by atoms with E-state index in [1.165, 1.54) is 0 Å². The molecule has 0 heterocycles. The summed E-state index contributed by atoms with van der Waals surface area (Å²) in [6.07, 6.45) is 0. The molecular weight excluding hydrogens is 192 g/mol. The standard InChI is InChI=1S/C9H9BF3O/c1-8(10(11,12)13)7-14-9-5-3-2-4-6-9/h2-6H,1,7H2/q-1. The molecule has 0 spiro atoms. The molecule has 0 amide bonds. The molecule has 1 aromatic rings. The van der Waals surface area contributed by atoms with Gasteiger partial charge in [0.05, 0.1) is 6.61 Å². The van der Waals surface area contributed by atoms with Gasteiger partial charge in [-0.15, -0.1) is 12.1 Å². The topological polar surface area (TPSA) is 9.23 Å². The van der Waals surface area contributed by atoms with Gasteiger partial charge < -0.3 is 17.7 Å². The van der Waals surface area contributed by atoms with E-state index in [4.69, 9.17) is 4.74 Å². The van der Waals surface area contributed by atoms with Crippen LogP contribution in [0.1, 0.15) is 0 Å². The van der Waals surface area contributed by atoms with E-state index in [-0.39, 0.29) is 0 Å². The van der Waals surface area contributed by atoms with Gasteiger partial charge in [0.2, 0.25) is 0 Å². The molecule has 0 radical (unpaired) electrons.